The van der Waals surface area contributed by atoms with Gasteiger partial charge in [0, 0.05) is 6.20 Å². The van der Waals surface area contributed by atoms with Crippen LogP contribution in [0.3, 0.4) is 0 Å². The Bertz CT molecular complexity index is 922. The second-order valence-electron chi connectivity index (χ2n) is 5.22. The fourth-order valence-corrected chi connectivity index (χ4v) is 2.25. The zero-order valence-electron chi connectivity index (χ0n) is 12.6. The SMILES string of the molecule is Cc1ccc(C(C)Nc2c(Nc3cccnc3O)c(=O)c2=O)o1. The molecule has 0 aliphatic carbocycles. The summed E-state index contributed by atoms with van der Waals surface area (Å²) in [6, 6.07) is 6.51. The second kappa shape index (κ2) is 5.60. The number of nitrogens with zero attached hydrogens (tertiary/aromatic N) is 1. The third-order valence-corrected chi connectivity index (χ3v) is 3.51. The molecule has 0 fully saturated rings. The molecule has 3 rings (SSSR count). The van der Waals surface area contributed by atoms with E-state index in [0.29, 0.717) is 5.76 Å². The van der Waals surface area contributed by atoms with Crippen molar-refractivity contribution in [3.8, 4) is 5.88 Å². The van der Waals surface area contributed by atoms with Crippen molar-refractivity contribution in [3.05, 3.63) is 62.4 Å². The monoisotopic (exact) mass is 313 g/mol. The highest BCUT2D eigenvalue weighted by Crippen LogP contribution is 2.28. The molecule has 1 aromatic carbocycles. The molecule has 0 aliphatic rings. The number of hydrogen-bond acceptors (Lipinski definition) is 7. The molecule has 0 bridgehead atoms. The number of aromatic hydroxyl groups is 1. The van der Waals surface area contributed by atoms with E-state index >= 15 is 0 Å². The molecule has 7 nitrogen and oxygen atoms in total. The van der Waals surface area contributed by atoms with Gasteiger partial charge in [-0.05, 0) is 38.1 Å². The fourth-order valence-electron chi connectivity index (χ4n) is 2.25. The zero-order chi connectivity index (χ0) is 16.6. The van der Waals surface area contributed by atoms with Gasteiger partial charge in [-0.25, -0.2) is 4.98 Å². The Morgan fingerprint density at radius 3 is 2.57 bits per heavy atom. The average molecular weight is 313 g/mol. The van der Waals surface area contributed by atoms with Crippen LogP contribution in [0.25, 0.3) is 0 Å². The summed E-state index contributed by atoms with van der Waals surface area (Å²) in [6.45, 7) is 3.65. The van der Waals surface area contributed by atoms with Crippen molar-refractivity contribution in [1.29, 1.82) is 0 Å². The number of aryl methyl sites for hydroxylation is 1. The smallest absolute Gasteiger partial charge is 0.253 e. The van der Waals surface area contributed by atoms with E-state index in [1.807, 2.05) is 19.9 Å². The zero-order valence-corrected chi connectivity index (χ0v) is 12.6. The normalized spacial score (nSPS) is 12.3. The molecule has 2 aromatic heterocycles. The summed E-state index contributed by atoms with van der Waals surface area (Å²) in [5, 5.41) is 15.4. The highest BCUT2D eigenvalue weighted by molar-refractivity contribution is 5.80. The molecule has 1 unspecified atom stereocenters. The van der Waals surface area contributed by atoms with Crippen LogP contribution in [0, 0.1) is 6.92 Å². The van der Waals surface area contributed by atoms with Crippen LogP contribution in [-0.2, 0) is 0 Å². The van der Waals surface area contributed by atoms with Crippen LogP contribution >= 0.6 is 0 Å². The predicted molar refractivity (Wildman–Crippen MR) is 86.0 cm³/mol. The van der Waals surface area contributed by atoms with Gasteiger partial charge >= 0.3 is 0 Å². The van der Waals surface area contributed by atoms with Crippen LogP contribution < -0.4 is 21.5 Å². The van der Waals surface area contributed by atoms with Gasteiger partial charge in [-0.2, -0.15) is 0 Å². The predicted octanol–water partition coefficient (Wildman–Crippen LogP) is 2.20. The fraction of sp³-hybridized carbons (Fsp3) is 0.188. The lowest BCUT2D eigenvalue weighted by Gasteiger charge is -2.18. The maximum atomic E-state index is 11.8. The molecule has 1 atom stereocenters. The molecular weight excluding hydrogens is 298 g/mol. The average Bonchev–Trinajstić information content (AvgIpc) is 2.98. The maximum Gasteiger partial charge on any atom is 0.253 e. The molecule has 0 amide bonds. The number of hydrogen-bond donors (Lipinski definition) is 3. The molecule has 0 saturated carbocycles. The van der Waals surface area contributed by atoms with E-state index in [9.17, 15) is 14.7 Å². The number of pyridine rings is 1. The van der Waals surface area contributed by atoms with Crippen molar-refractivity contribution in [2.75, 3.05) is 10.6 Å². The highest BCUT2D eigenvalue weighted by atomic mass is 16.3. The van der Waals surface area contributed by atoms with Gasteiger partial charge in [-0.3, -0.25) is 9.59 Å². The van der Waals surface area contributed by atoms with Gasteiger partial charge in [0.2, 0.25) is 5.88 Å². The Balaban J connectivity index is 1.84. The van der Waals surface area contributed by atoms with E-state index in [-0.39, 0.29) is 29.0 Å². The number of furan rings is 1. The third kappa shape index (κ3) is 2.68. The molecule has 0 radical (unpaired) electrons. The minimum absolute atomic E-state index is 0.105. The van der Waals surface area contributed by atoms with Crippen LogP contribution in [0.15, 0.2) is 44.5 Å². The van der Waals surface area contributed by atoms with Crippen molar-refractivity contribution >= 4 is 17.1 Å². The Morgan fingerprint density at radius 1 is 1.17 bits per heavy atom. The minimum Gasteiger partial charge on any atom is -0.492 e. The number of anilines is 3. The first-order valence-electron chi connectivity index (χ1n) is 7.04. The molecule has 3 aromatic rings. The van der Waals surface area contributed by atoms with E-state index < -0.39 is 10.9 Å². The summed E-state index contributed by atoms with van der Waals surface area (Å²) in [5.41, 5.74) is -0.720. The summed E-state index contributed by atoms with van der Waals surface area (Å²) >= 11 is 0. The van der Waals surface area contributed by atoms with Crippen molar-refractivity contribution in [3.63, 3.8) is 0 Å². The van der Waals surface area contributed by atoms with Gasteiger partial charge in [0.1, 0.15) is 28.6 Å². The molecule has 7 heteroatoms. The largest absolute Gasteiger partial charge is 0.492 e. The standard InChI is InChI=1S/C16H15N3O4/c1-8-5-6-11(23-8)9(2)18-12-13(15(21)14(12)20)19-10-4-3-7-17-16(10)22/h3-7,9,18-19H,1-2H3,(H,17,22). The minimum atomic E-state index is -0.640. The molecule has 118 valence electrons. The van der Waals surface area contributed by atoms with E-state index in [1.54, 1.807) is 18.2 Å². The topological polar surface area (TPSA) is 104 Å². The van der Waals surface area contributed by atoms with Gasteiger partial charge in [0.15, 0.2) is 0 Å². The molecule has 3 N–H and O–H groups in total. The van der Waals surface area contributed by atoms with Gasteiger partial charge in [0.25, 0.3) is 10.9 Å². The molecule has 2 heterocycles. The van der Waals surface area contributed by atoms with E-state index in [0.717, 1.165) is 5.76 Å². The van der Waals surface area contributed by atoms with Gasteiger partial charge < -0.3 is 20.2 Å². The number of rotatable bonds is 5. The van der Waals surface area contributed by atoms with Crippen LogP contribution in [0.5, 0.6) is 5.88 Å². The Labute approximate surface area is 131 Å². The number of nitrogens with one attached hydrogen (secondary N) is 2. The molecule has 0 saturated heterocycles. The van der Waals surface area contributed by atoms with E-state index in [1.165, 1.54) is 6.20 Å². The summed E-state index contributed by atoms with van der Waals surface area (Å²) in [4.78, 5) is 27.3. The van der Waals surface area contributed by atoms with E-state index in [4.69, 9.17) is 4.42 Å². The lowest BCUT2D eigenvalue weighted by Crippen LogP contribution is -2.37. The Hall–Kier alpha value is -3.09. The van der Waals surface area contributed by atoms with Crippen LogP contribution in [0.2, 0.25) is 0 Å². The van der Waals surface area contributed by atoms with Crippen molar-refractivity contribution in [2.45, 2.75) is 19.9 Å². The number of aromatic nitrogens is 1. The molecule has 0 aliphatic heterocycles. The first kappa shape index (κ1) is 14.8. The summed E-state index contributed by atoms with van der Waals surface area (Å²) < 4.78 is 5.50. The van der Waals surface area contributed by atoms with E-state index in [2.05, 4.69) is 15.6 Å². The Kier molecular flexibility index (Phi) is 3.61. The van der Waals surface area contributed by atoms with Crippen molar-refractivity contribution in [1.82, 2.24) is 4.98 Å². The molecule has 23 heavy (non-hydrogen) atoms. The first-order chi connectivity index (χ1) is 11.0. The second-order valence-corrected chi connectivity index (χ2v) is 5.22. The summed E-state index contributed by atoms with van der Waals surface area (Å²) in [5.74, 6) is 1.17. The maximum absolute atomic E-state index is 11.8. The van der Waals surface area contributed by atoms with Gasteiger partial charge in [-0.15, -0.1) is 0 Å². The molecule has 0 spiro atoms. The first-order valence-corrected chi connectivity index (χ1v) is 7.04. The van der Waals surface area contributed by atoms with Crippen molar-refractivity contribution < 1.29 is 9.52 Å². The van der Waals surface area contributed by atoms with Crippen LogP contribution in [0.4, 0.5) is 17.1 Å². The summed E-state index contributed by atoms with van der Waals surface area (Å²) in [6.07, 6.45) is 1.42. The van der Waals surface area contributed by atoms with Crippen LogP contribution in [0.1, 0.15) is 24.5 Å². The molecular formula is C16H15N3O4. The van der Waals surface area contributed by atoms with Gasteiger partial charge in [0.05, 0.1) is 6.04 Å². The third-order valence-electron chi connectivity index (χ3n) is 3.51. The lowest BCUT2D eigenvalue weighted by molar-refractivity contribution is 0.456. The quantitative estimate of drug-likeness (QED) is 0.620. The lowest BCUT2D eigenvalue weighted by atomic mass is 10.1. The Morgan fingerprint density at radius 2 is 1.91 bits per heavy atom. The van der Waals surface area contributed by atoms with Crippen molar-refractivity contribution in [2.24, 2.45) is 0 Å². The van der Waals surface area contributed by atoms with Crippen LogP contribution in [-0.4, -0.2) is 10.1 Å². The highest BCUT2D eigenvalue weighted by Gasteiger charge is 2.24. The van der Waals surface area contributed by atoms with Gasteiger partial charge in [-0.1, -0.05) is 0 Å². The summed E-state index contributed by atoms with van der Waals surface area (Å²) in [7, 11) is 0.